The van der Waals surface area contributed by atoms with Gasteiger partial charge in [0.15, 0.2) is 0 Å². The fourth-order valence-corrected chi connectivity index (χ4v) is 1.67. The van der Waals surface area contributed by atoms with Crippen molar-refractivity contribution in [3.05, 3.63) is 53.9 Å². The van der Waals surface area contributed by atoms with Crippen molar-refractivity contribution in [3.8, 4) is 11.1 Å². The average Bonchev–Trinajstić information content (AvgIpc) is 2.38. The first-order valence-electron chi connectivity index (χ1n) is 5.24. The van der Waals surface area contributed by atoms with Gasteiger partial charge in [0.2, 0.25) is 0 Å². The maximum absolute atomic E-state index is 12.4. The quantitative estimate of drug-likeness (QED) is 0.891. The summed E-state index contributed by atoms with van der Waals surface area (Å²) < 4.78 is 37.3. The molecule has 0 aliphatic rings. The van der Waals surface area contributed by atoms with Crippen LogP contribution in [0.2, 0.25) is 0 Å². The lowest BCUT2D eigenvalue weighted by Crippen LogP contribution is -2.04. The molecule has 0 radical (unpaired) electrons. The third kappa shape index (κ3) is 2.51. The van der Waals surface area contributed by atoms with E-state index in [9.17, 15) is 13.2 Å². The number of rotatable bonds is 2. The molecular formula is C13H10F3NO. The molecule has 0 fully saturated rings. The minimum Gasteiger partial charge on any atom is -0.392 e. The van der Waals surface area contributed by atoms with Gasteiger partial charge in [-0.05, 0) is 29.3 Å². The lowest BCUT2D eigenvalue weighted by Gasteiger charge is -2.09. The standard InChI is InChI=1S/C13H10F3NO/c14-13(15,16)11-3-1-9(2-4-11)12-5-6-17-7-10(12)8-18/h1-7,18H,8H2. The fourth-order valence-electron chi connectivity index (χ4n) is 1.67. The highest BCUT2D eigenvalue weighted by atomic mass is 19.4. The largest absolute Gasteiger partial charge is 0.416 e. The molecule has 1 aromatic heterocycles. The van der Waals surface area contributed by atoms with Crippen LogP contribution in [0.4, 0.5) is 13.2 Å². The number of halogens is 3. The van der Waals surface area contributed by atoms with Gasteiger partial charge in [0, 0.05) is 18.0 Å². The highest BCUT2D eigenvalue weighted by Crippen LogP contribution is 2.31. The third-order valence-corrected chi connectivity index (χ3v) is 2.60. The highest BCUT2D eigenvalue weighted by molar-refractivity contribution is 5.66. The van der Waals surface area contributed by atoms with E-state index in [1.165, 1.54) is 24.5 Å². The predicted molar refractivity (Wildman–Crippen MR) is 60.6 cm³/mol. The van der Waals surface area contributed by atoms with Crippen molar-refractivity contribution in [2.24, 2.45) is 0 Å². The Morgan fingerprint density at radius 2 is 1.72 bits per heavy atom. The van der Waals surface area contributed by atoms with E-state index >= 15 is 0 Å². The summed E-state index contributed by atoms with van der Waals surface area (Å²) in [5, 5.41) is 9.14. The Bertz CT molecular complexity index is 535. The van der Waals surface area contributed by atoms with Gasteiger partial charge in [0.1, 0.15) is 0 Å². The highest BCUT2D eigenvalue weighted by Gasteiger charge is 2.29. The number of nitrogens with zero attached hydrogens (tertiary/aromatic N) is 1. The number of hydrogen-bond donors (Lipinski definition) is 1. The normalized spacial score (nSPS) is 11.6. The van der Waals surface area contributed by atoms with Crippen molar-refractivity contribution in [3.63, 3.8) is 0 Å². The van der Waals surface area contributed by atoms with Crippen LogP contribution in [0.25, 0.3) is 11.1 Å². The SMILES string of the molecule is OCc1cnccc1-c1ccc(C(F)(F)F)cc1. The molecule has 5 heteroatoms. The van der Waals surface area contributed by atoms with Crippen molar-refractivity contribution in [1.29, 1.82) is 0 Å². The Labute approximate surface area is 102 Å². The molecule has 0 saturated heterocycles. The first kappa shape index (κ1) is 12.6. The number of alkyl halides is 3. The Balaban J connectivity index is 2.41. The number of benzene rings is 1. The van der Waals surface area contributed by atoms with Crippen LogP contribution in [0.15, 0.2) is 42.7 Å². The summed E-state index contributed by atoms with van der Waals surface area (Å²) in [7, 11) is 0. The monoisotopic (exact) mass is 253 g/mol. The summed E-state index contributed by atoms with van der Waals surface area (Å²) in [5.41, 5.74) is 1.19. The second kappa shape index (κ2) is 4.78. The van der Waals surface area contributed by atoms with Crippen molar-refractivity contribution in [2.45, 2.75) is 12.8 Å². The molecule has 2 nitrogen and oxygen atoms in total. The molecule has 0 aliphatic heterocycles. The first-order chi connectivity index (χ1) is 8.52. The van der Waals surface area contributed by atoms with Gasteiger partial charge in [-0.15, -0.1) is 0 Å². The molecular weight excluding hydrogens is 243 g/mol. The molecule has 2 rings (SSSR count). The average molecular weight is 253 g/mol. The fraction of sp³-hybridized carbons (Fsp3) is 0.154. The van der Waals surface area contributed by atoms with Crippen LogP contribution in [0.3, 0.4) is 0 Å². The van der Waals surface area contributed by atoms with Gasteiger partial charge in [-0.1, -0.05) is 12.1 Å². The summed E-state index contributed by atoms with van der Waals surface area (Å²) in [5.74, 6) is 0. The maximum Gasteiger partial charge on any atom is 0.416 e. The van der Waals surface area contributed by atoms with Gasteiger partial charge >= 0.3 is 6.18 Å². The Kier molecular flexibility index (Phi) is 3.34. The second-order valence-electron chi connectivity index (χ2n) is 3.77. The lowest BCUT2D eigenvalue weighted by atomic mass is 10.0. The zero-order valence-corrected chi connectivity index (χ0v) is 9.28. The van der Waals surface area contributed by atoms with Crippen molar-refractivity contribution < 1.29 is 18.3 Å². The molecule has 94 valence electrons. The maximum atomic E-state index is 12.4. The molecule has 1 heterocycles. The molecule has 0 bridgehead atoms. The topological polar surface area (TPSA) is 33.1 Å². The molecule has 18 heavy (non-hydrogen) atoms. The summed E-state index contributed by atoms with van der Waals surface area (Å²) in [6, 6.07) is 6.48. The molecule has 0 atom stereocenters. The van der Waals surface area contributed by atoms with Gasteiger partial charge in [0.25, 0.3) is 0 Å². The van der Waals surface area contributed by atoms with E-state index in [1.54, 1.807) is 6.07 Å². The molecule has 1 aromatic carbocycles. The summed E-state index contributed by atoms with van der Waals surface area (Å²) >= 11 is 0. The van der Waals surface area contributed by atoms with E-state index in [4.69, 9.17) is 5.11 Å². The van der Waals surface area contributed by atoms with Crippen LogP contribution in [0.5, 0.6) is 0 Å². The number of aliphatic hydroxyl groups excluding tert-OH is 1. The van der Waals surface area contributed by atoms with E-state index < -0.39 is 11.7 Å². The lowest BCUT2D eigenvalue weighted by molar-refractivity contribution is -0.137. The number of aromatic nitrogens is 1. The van der Waals surface area contributed by atoms with Gasteiger partial charge in [-0.25, -0.2) is 0 Å². The molecule has 0 spiro atoms. The molecule has 1 N–H and O–H groups in total. The summed E-state index contributed by atoms with van der Waals surface area (Å²) in [6.45, 7) is -0.204. The van der Waals surface area contributed by atoms with Crippen molar-refractivity contribution >= 4 is 0 Å². The summed E-state index contributed by atoms with van der Waals surface area (Å²) in [4.78, 5) is 3.86. The Hall–Kier alpha value is -1.88. The number of pyridine rings is 1. The molecule has 0 aliphatic carbocycles. The van der Waals surface area contributed by atoms with E-state index in [0.29, 0.717) is 16.7 Å². The molecule has 2 aromatic rings. The summed E-state index contributed by atoms with van der Waals surface area (Å²) in [6.07, 6.45) is -1.31. The zero-order valence-electron chi connectivity index (χ0n) is 9.28. The molecule has 0 amide bonds. The van der Waals surface area contributed by atoms with Crippen LogP contribution in [-0.2, 0) is 12.8 Å². The third-order valence-electron chi connectivity index (χ3n) is 2.60. The zero-order chi connectivity index (χ0) is 13.2. The van der Waals surface area contributed by atoms with Crippen LogP contribution in [0.1, 0.15) is 11.1 Å². The second-order valence-corrected chi connectivity index (χ2v) is 3.77. The minimum atomic E-state index is -4.34. The van der Waals surface area contributed by atoms with E-state index in [0.717, 1.165) is 12.1 Å². The minimum absolute atomic E-state index is 0.204. The van der Waals surface area contributed by atoms with Gasteiger partial charge in [-0.2, -0.15) is 13.2 Å². The van der Waals surface area contributed by atoms with E-state index in [-0.39, 0.29) is 6.61 Å². The molecule has 0 saturated carbocycles. The van der Waals surface area contributed by atoms with Crippen molar-refractivity contribution in [2.75, 3.05) is 0 Å². The van der Waals surface area contributed by atoms with E-state index in [2.05, 4.69) is 4.98 Å². The van der Waals surface area contributed by atoms with Gasteiger partial charge in [-0.3, -0.25) is 4.98 Å². The van der Waals surface area contributed by atoms with Crippen LogP contribution in [0, 0.1) is 0 Å². The Morgan fingerprint density at radius 1 is 1.06 bits per heavy atom. The first-order valence-corrected chi connectivity index (χ1v) is 5.24. The number of aliphatic hydroxyl groups is 1. The predicted octanol–water partition coefficient (Wildman–Crippen LogP) is 3.26. The van der Waals surface area contributed by atoms with Crippen LogP contribution < -0.4 is 0 Å². The smallest absolute Gasteiger partial charge is 0.392 e. The van der Waals surface area contributed by atoms with Crippen LogP contribution in [-0.4, -0.2) is 10.1 Å². The van der Waals surface area contributed by atoms with Gasteiger partial charge < -0.3 is 5.11 Å². The van der Waals surface area contributed by atoms with Crippen molar-refractivity contribution in [1.82, 2.24) is 4.98 Å². The number of hydrogen-bond acceptors (Lipinski definition) is 2. The van der Waals surface area contributed by atoms with E-state index in [1.807, 2.05) is 0 Å². The Morgan fingerprint density at radius 3 is 2.28 bits per heavy atom. The molecule has 0 unspecified atom stereocenters. The van der Waals surface area contributed by atoms with Gasteiger partial charge in [0.05, 0.1) is 12.2 Å². The van der Waals surface area contributed by atoms with Crippen LogP contribution >= 0.6 is 0 Å².